The SMILES string of the molecule is COc1cc(-c2[nH]nc3nc(N4CCC(C)(CN)CC4)cnc23)ccc1Cl. The monoisotopic (exact) mass is 386 g/mol. The molecule has 0 atom stereocenters. The van der Waals surface area contributed by atoms with Gasteiger partial charge < -0.3 is 15.4 Å². The van der Waals surface area contributed by atoms with Gasteiger partial charge in [-0.15, -0.1) is 0 Å². The minimum Gasteiger partial charge on any atom is -0.495 e. The fourth-order valence-corrected chi connectivity index (χ4v) is 3.63. The molecule has 7 nitrogen and oxygen atoms in total. The third-order valence-corrected chi connectivity index (χ3v) is 5.79. The second kappa shape index (κ2) is 6.98. The molecule has 2 aromatic heterocycles. The molecule has 1 aliphatic rings. The van der Waals surface area contributed by atoms with E-state index in [2.05, 4.69) is 27.0 Å². The van der Waals surface area contributed by atoms with Gasteiger partial charge in [0.1, 0.15) is 17.1 Å². The van der Waals surface area contributed by atoms with E-state index in [-0.39, 0.29) is 5.41 Å². The molecule has 3 aromatic rings. The lowest BCUT2D eigenvalue weighted by atomic mass is 9.80. The van der Waals surface area contributed by atoms with Crippen LogP contribution in [0.4, 0.5) is 5.82 Å². The molecule has 0 spiro atoms. The Morgan fingerprint density at radius 2 is 2.11 bits per heavy atom. The van der Waals surface area contributed by atoms with Crippen LogP contribution in [0.3, 0.4) is 0 Å². The summed E-state index contributed by atoms with van der Waals surface area (Å²) in [6.45, 7) is 4.83. The van der Waals surface area contributed by atoms with Gasteiger partial charge in [-0.05, 0) is 36.9 Å². The number of nitrogens with zero attached hydrogens (tertiary/aromatic N) is 4. The van der Waals surface area contributed by atoms with Crippen LogP contribution >= 0.6 is 11.6 Å². The average Bonchev–Trinajstić information content (AvgIpc) is 3.12. The van der Waals surface area contributed by atoms with Gasteiger partial charge in [0.15, 0.2) is 0 Å². The Hall–Kier alpha value is -2.38. The van der Waals surface area contributed by atoms with Crippen molar-refractivity contribution in [2.75, 3.05) is 31.6 Å². The number of hydrogen-bond donors (Lipinski definition) is 2. The van der Waals surface area contributed by atoms with Gasteiger partial charge >= 0.3 is 0 Å². The summed E-state index contributed by atoms with van der Waals surface area (Å²) in [6, 6.07) is 5.57. The third-order valence-electron chi connectivity index (χ3n) is 5.48. The Kier molecular flexibility index (Phi) is 4.65. The van der Waals surface area contributed by atoms with Gasteiger partial charge in [-0.3, -0.25) is 5.10 Å². The van der Waals surface area contributed by atoms with Gasteiger partial charge in [-0.25, -0.2) is 9.97 Å². The van der Waals surface area contributed by atoms with Crippen molar-refractivity contribution in [2.24, 2.45) is 11.1 Å². The minimum absolute atomic E-state index is 0.223. The maximum atomic E-state index is 6.12. The van der Waals surface area contributed by atoms with Gasteiger partial charge in [0.25, 0.3) is 0 Å². The van der Waals surface area contributed by atoms with Crippen LogP contribution in [0, 0.1) is 5.41 Å². The van der Waals surface area contributed by atoms with E-state index in [1.165, 1.54) is 0 Å². The number of ether oxygens (including phenoxy) is 1. The first-order chi connectivity index (χ1) is 13.0. The lowest BCUT2D eigenvalue weighted by Gasteiger charge is -2.39. The molecular formula is C19H23ClN6O. The number of fused-ring (bicyclic) bond motifs is 1. The molecule has 1 saturated heterocycles. The topological polar surface area (TPSA) is 93.0 Å². The maximum absolute atomic E-state index is 6.12. The summed E-state index contributed by atoms with van der Waals surface area (Å²) in [4.78, 5) is 11.6. The Bertz CT molecular complexity index is 964. The largest absolute Gasteiger partial charge is 0.495 e. The summed E-state index contributed by atoms with van der Waals surface area (Å²) < 4.78 is 5.30. The predicted octanol–water partition coefficient (Wildman–Crippen LogP) is 3.25. The molecule has 0 saturated carbocycles. The zero-order valence-corrected chi connectivity index (χ0v) is 16.3. The number of halogens is 1. The number of rotatable bonds is 4. The molecule has 3 N–H and O–H groups in total. The smallest absolute Gasteiger partial charge is 0.202 e. The molecule has 1 aromatic carbocycles. The van der Waals surface area contributed by atoms with Crippen molar-refractivity contribution in [2.45, 2.75) is 19.8 Å². The average molecular weight is 387 g/mol. The van der Waals surface area contributed by atoms with E-state index in [0.717, 1.165) is 55.1 Å². The molecular weight excluding hydrogens is 364 g/mol. The lowest BCUT2D eigenvalue weighted by molar-refractivity contribution is 0.258. The molecule has 142 valence electrons. The number of hydrogen-bond acceptors (Lipinski definition) is 6. The Morgan fingerprint density at radius 3 is 2.81 bits per heavy atom. The van der Waals surface area contributed by atoms with Gasteiger partial charge in [0, 0.05) is 18.7 Å². The van der Waals surface area contributed by atoms with Crippen molar-refractivity contribution in [3.63, 3.8) is 0 Å². The second-order valence-corrected chi connectivity index (χ2v) is 7.76. The van der Waals surface area contributed by atoms with Crippen LogP contribution in [0.25, 0.3) is 22.4 Å². The molecule has 0 amide bonds. The number of aromatic nitrogens is 4. The molecule has 0 unspecified atom stereocenters. The minimum atomic E-state index is 0.223. The van der Waals surface area contributed by atoms with Crippen molar-refractivity contribution in [1.82, 2.24) is 20.2 Å². The standard InChI is InChI=1S/C19H23ClN6O/c1-19(11-21)5-7-26(8-6-19)15-10-22-17-16(24-25-18(17)23-15)12-3-4-13(20)14(9-12)27-2/h3-4,9-10H,5-8,11,21H2,1-2H3,(H,23,24,25). The quantitative estimate of drug-likeness (QED) is 0.715. The molecule has 4 rings (SSSR count). The second-order valence-electron chi connectivity index (χ2n) is 7.35. The van der Waals surface area contributed by atoms with E-state index in [0.29, 0.717) is 16.4 Å². The van der Waals surface area contributed by atoms with Gasteiger partial charge in [-0.2, -0.15) is 5.10 Å². The van der Waals surface area contributed by atoms with Crippen molar-refractivity contribution < 1.29 is 4.74 Å². The highest BCUT2D eigenvalue weighted by molar-refractivity contribution is 6.32. The summed E-state index contributed by atoms with van der Waals surface area (Å²) in [5.41, 5.74) is 9.16. The van der Waals surface area contributed by atoms with Crippen LogP contribution in [0.15, 0.2) is 24.4 Å². The summed E-state index contributed by atoms with van der Waals surface area (Å²) in [5, 5.41) is 7.96. The molecule has 1 fully saturated rings. The third kappa shape index (κ3) is 3.33. The first-order valence-corrected chi connectivity index (χ1v) is 9.41. The van der Waals surface area contributed by atoms with E-state index in [1.54, 1.807) is 13.2 Å². The van der Waals surface area contributed by atoms with E-state index in [4.69, 9.17) is 27.1 Å². The fourth-order valence-electron chi connectivity index (χ4n) is 3.44. The Morgan fingerprint density at radius 1 is 1.33 bits per heavy atom. The molecule has 8 heteroatoms. The normalized spacial score (nSPS) is 16.7. The number of H-pyrrole nitrogens is 1. The van der Waals surface area contributed by atoms with E-state index >= 15 is 0 Å². The van der Waals surface area contributed by atoms with Gasteiger partial charge in [0.05, 0.1) is 24.0 Å². The van der Waals surface area contributed by atoms with Crippen LogP contribution < -0.4 is 15.4 Å². The molecule has 27 heavy (non-hydrogen) atoms. The zero-order chi connectivity index (χ0) is 19.0. The van der Waals surface area contributed by atoms with Gasteiger partial charge in [-0.1, -0.05) is 24.6 Å². The summed E-state index contributed by atoms with van der Waals surface area (Å²) in [6.07, 6.45) is 3.93. The van der Waals surface area contributed by atoms with Crippen LogP contribution in [-0.4, -0.2) is 46.9 Å². The van der Waals surface area contributed by atoms with Crippen molar-refractivity contribution in [3.05, 3.63) is 29.4 Å². The number of piperidine rings is 1. The molecule has 1 aliphatic heterocycles. The van der Waals surface area contributed by atoms with Crippen molar-refractivity contribution >= 4 is 28.6 Å². The highest BCUT2D eigenvalue weighted by atomic mass is 35.5. The van der Waals surface area contributed by atoms with Crippen LogP contribution in [0.2, 0.25) is 5.02 Å². The van der Waals surface area contributed by atoms with Crippen molar-refractivity contribution in [1.29, 1.82) is 0 Å². The molecule has 0 radical (unpaired) electrons. The predicted molar refractivity (Wildman–Crippen MR) is 107 cm³/mol. The fraction of sp³-hybridized carbons (Fsp3) is 0.421. The lowest BCUT2D eigenvalue weighted by Crippen LogP contribution is -2.42. The Labute approximate surface area is 162 Å². The van der Waals surface area contributed by atoms with E-state index in [9.17, 15) is 0 Å². The van der Waals surface area contributed by atoms with E-state index in [1.807, 2.05) is 18.3 Å². The Balaban J connectivity index is 1.63. The van der Waals surface area contributed by atoms with Crippen molar-refractivity contribution in [3.8, 4) is 17.0 Å². The molecule has 0 aliphatic carbocycles. The number of aromatic amines is 1. The molecule has 0 bridgehead atoms. The van der Waals surface area contributed by atoms with Gasteiger partial charge in [0.2, 0.25) is 5.65 Å². The molecule has 3 heterocycles. The summed E-state index contributed by atoms with van der Waals surface area (Å²) >= 11 is 6.12. The van der Waals surface area contributed by atoms with E-state index < -0.39 is 0 Å². The number of benzene rings is 1. The maximum Gasteiger partial charge on any atom is 0.202 e. The first kappa shape index (κ1) is 18.0. The zero-order valence-electron chi connectivity index (χ0n) is 15.5. The number of methoxy groups -OCH3 is 1. The first-order valence-electron chi connectivity index (χ1n) is 9.03. The summed E-state index contributed by atoms with van der Waals surface area (Å²) in [7, 11) is 1.59. The highest BCUT2D eigenvalue weighted by Crippen LogP contribution is 2.34. The van der Waals surface area contributed by atoms with Crippen LogP contribution in [0.5, 0.6) is 5.75 Å². The van der Waals surface area contributed by atoms with Crippen LogP contribution in [-0.2, 0) is 0 Å². The number of nitrogens with two attached hydrogens (primary N) is 1. The number of anilines is 1. The highest BCUT2D eigenvalue weighted by Gasteiger charge is 2.29. The van der Waals surface area contributed by atoms with Crippen LogP contribution in [0.1, 0.15) is 19.8 Å². The number of nitrogens with one attached hydrogen (secondary N) is 1. The summed E-state index contributed by atoms with van der Waals surface area (Å²) in [5.74, 6) is 1.46.